The van der Waals surface area contributed by atoms with Crippen molar-refractivity contribution in [3.63, 3.8) is 0 Å². The minimum Gasteiger partial charge on any atom is -0.385 e. The smallest absolute Gasteiger partial charge is 0.128 e. The van der Waals surface area contributed by atoms with E-state index in [0.717, 1.165) is 0 Å². The van der Waals surface area contributed by atoms with Gasteiger partial charge in [0.1, 0.15) is 4.32 Å². The molecule has 0 saturated heterocycles. The van der Waals surface area contributed by atoms with Crippen LogP contribution < -0.4 is 9.89 Å². The Labute approximate surface area is 109 Å². The monoisotopic (exact) mass is 292 g/mol. The van der Waals surface area contributed by atoms with Gasteiger partial charge in [-0.1, -0.05) is 12.2 Å². The van der Waals surface area contributed by atoms with Gasteiger partial charge in [-0.05, 0) is 0 Å². The first-order valence-electron chi connectivity index (χ1n) is 5.39. The third kappa shape index (κ3) is 7.95. The molecule has 1 aromatic rings. The molecule has 0 atom stereocenters. The minimum atomic E-state index is -1.21. The zero-order chi connectivity index (χ0) is 11.7. The fourth-order valence-corrected chi connectivity index (χ4v) is 7.62. The molecule has 15 heavy (non-hydrogen) atoms. The molecule has 0 heterocycles. The summed E-state index contributed by atoms with van der Waals surface area (Å²) < 4.78 is 1.89. The van der Waals surface area contributed by atoms with Crippen LogP contribution in [0.25, 0.3) is 0 Å². The van der Waals surface area contributed by atoms with E-state index in [1.54, 1.807) is 4.16 Å². The van der Waals surface area contributed by atoms with Crippen LogP contribution in [0.4, 0.5) is 0 Å². The number of benzene rings is 1. The number of hydrogen-bond donors (Lipinski definition) is 2. The number of thiocarbonyl (C=S) groups is 1. The molecular weight excluding hydrogens is 276 g/mol. The van der Waals surface area contributed by atoms with Crippen LogP contribution in [0.3, 0.4) is 0 Å². The van der Waals surface area contributed by atoms with Crippen LogP contribution in [0.2, 0.25) is 10.0 Å². The first kappa shape index (κ1) is 15.1. The summed E-state index contributed by atoms with van der Waals surface area (Å²) in [6, 6.07) is 11.1. The summed E-state index contributed by atoms with van der Waals surface area (Å²) in [6.07, 6.45) is 0. The summed E-state index contributed by atoms with van der Waals surface area (Å²) in [5.41, 5.74) is 4.71. The molecule has 1 nitrogen and oxygen atoms in total. The third-order valence-corrected chi connectivity index (χ3v) is 11.1. The summed E-state index contributed by atoms with van der Waals surface area (Å²) >= 11 is 6.45. The zero-order valence-corrected chi connectivity index (χ0v) is 14.1. The van der Waals surface area contributed by atoms with Gasteiger partial charge in [0.25, 0.3) is 0 Å². The van der Waals surface area contributed by atoms with Crippen molar-refractivity contribution >= 4 is 33.3 Å². The van der Waals surface area contributed by atoms with Gasteiger partial charge in [0, 0.05) is 0 Å². The maximum atomic E-state index is 4.71. The van der Waals surface area contributed by atoms with Crippen LogP contribution in [0.5, 0.6) is 0 Å². The average Bonchev–Trinajstić information content (AvgIpc) is 2.20. The van der Waals surface area contributed by atoms with E-state index in [1.165, 1.54) is 10.0 Å². The van der Waals surface area contributed by atoms with Gasteiger partial charge in [-0.15, -0.1) is 12.6 Å². The molecule has 1 aromatic carbocycles. The molecule has 0 spiro atoms. The molecular formula is C11H18NS2Zn. The maximum Gasteiger partial charge on any atom is 0.128 e. The van der Waals surface area contributed by atoms with Gasteiger partial charge in [-0.2, -0.15) is 0 Å². The molecule has 0 aromatic heterocycles. The molecule has 81 valence electrons. The number of thiol groups is 1. The van der Waals surface area contributed by atoms with Crippen LogP contribution >= 0.6 is 24.8 Å². The number of rotatable bonds is 3. The van der Waals surface area contributed by atoms with E-state index in [-0.39, 0.29) is 4.32 Å². The predicted octanol–water partition coefficient (Wildman–Crippen LogP) is 2.97. The van der Waals surface area contributed by atoms with Crippen molar-refractivity contribution in [2.24, 2.45) is 5.73 Å². The quantitative estimate of drug-likeness (QED) is 0.509. The first-order chi connectivity index (χ1) is 7.11. The molecule has 1 rings (SSSR count). The Morgan fingerprint density at radius 1 is 1.27 bits per heavy atom. The Bertz CT molecular complexity index is 269. The normalized spacial score (nSPS) is 8.73. The van der Waals surface area contributed by atoms with Gasteiger partial charge < -0.3 is 5.73 Å². The second-order valence-corrected chi connectivity index (χ2v) is 14.4. The van der Waals surface area contributed by atoms with Crippen molar-refractivity contribution in [3.8, 4) is 0 Å². The molecule has 0 amide bonds. The van der Waals surface area contributed by atoms with E-state index >= 15 is 0 Å². The molecule has 4 heteroatoms. The second kappa shape index (κ2) is 9.32. The van der Waals surface area contributed by atoms with E-state index in [1.807, 2.05) is 0 Å². The standard InChI is InChI=1S/C6H5.2C2H5.CH3NS2.Zn/c1-2-4-6-5-3-1;2*1-2;2-1(3)4;/h1-5H;2*1H2,2H3;(H3,2,3,4);. The van der Waals surface area contributed by atoms with Crippen LogP contribution in [-0.4, -0.2) is 4.32 Å². The number of nitrogens with two attached hydrogens (primary N) is 1. The molecule has 0 aliphatic rings. The molecule has 0 saturated carbocycles. The molecule has 0 unspecified atom stereocenters. The molecule has 0 aliphatic carbocycles. The molecule has 0 fully saturated rings. The Hall–Kier alpha value is 0.0834. The Morgan fingerprint density at radius 3 is 2.00 bits per heavy atom. The van der Waals surface area contributed by atoms with Crippen LogP contribution in [0, 0.1) is 0 Å². The van der Waals surface area contributed by atoms with Gasteiger partial charge in [-0.3, -0.25) is 0 Å². The average molecular weight is 294 g/mol. The van der Waals surface area contributed by atoms with Crippen LogP contribution in [-0.2, 0) is 16.0 Å². The van der Waals surface area contributed by atoms with Crippen molar-refractivity contribution in [2.75, 3.05) is 0 Å². The first-order valence-corrected chi connectivity index (χ1v) is 11.9. The summed E-state index contributed by atoms with van der Waals surface area (Å²) in [5.74, 6) is 0. The Balaban J connectivity index is 0.000000423. The summed E-state index contributed by atoms with van der Waals surface area (Å²) in [4.78, 5) is 0. The molecule has 0 radical (unpaired) electrons. The van der Waals surface area contributed by atoms with E-state index in [4.69, 9.17) is 5.73 Å². The van der Waals surface area contributed by atoms with Gasteiger partial charge in [0.15, 0.2) is 0 Å². The fourth-order valence-electron chi connectivity index (χ4n) is 1.74. The van der Waals surface area contributed by atoms with Gasteiger partial charge in [0.05, 0.1) is 0 Å². The molecule has 0 aliphatic heterocycles. The summed E-state index contributed by atoms with van der Waals surface area (Å²) in [7, 11) is 0. The molecule has 0 bridgehead atoms. The Morgan fingerprint density at radius 2 is 1.67 bits per heavy atom. The van der Waals surface area contributed by atoms with E-state index in [2.05, 4.69) is 69.0 Å². The van der Waals surface area contributed by atoms with Crippen molar-refractivity contribution in [2.45, 2.75) is 23.9 Å². The third-order valence-electron chi connectivity index (χ3n) is 2.63. The van der Waals surface area contributed by atoms with Gasteiger partial charge in [-0.25, -0.2) is 0 Å². The van der Waals surface area contributed by atoms with Gasteiger partial charge in [0.2, 0.25) is 0 Å². The largest absolute Gasteiger partial charge is 0.385 e. The van der Waals surface area contributed by atoms with E-state index < -0.39 is 16.0 Å². The van der Waals surface area contributed by atoms with Crippen molar-refractivity contribution in [1.29, 1.82) is 0 Å². The van der Waals surface area contributed by atoms with E-state index in [0.29, 0.717) is 0 Å². The summed E-state index contributed by atoms with van der Waals surface area (Å²) in [6.45, 7) is 4.69. The summed E-state index contributed by atoms with van der Waals surface area (Å²) in [5, 5.41) is 2.92. The zero-order valence-electron chi connectivity index (χ0n) is 9.44. The number of hydrogen-bond acceptors (Lipinski definition) is 1. The molecule has 2 N–H and O–H groups in total. The van der Waals surface area contributed by atoms with E-state index in [9.17, 15) is 0 Å². The predicted molar refractivity (Wildman–Crippen MR) is 72.8 cm³/mol. The van der Waals surface area contributed by atoms with Gasteiger partial charge >= 0.3 is 74.3 Å². The van der Waals surface area contributed by atoms with Crippen molar-refractivity contribution in [3.05, 3.63) is 30.3 Å². The Kier molecular flexibility index (Phi) is 9.37. The second-order valence-electron chi connectivity index (χ2n) is 3.68. The minimum absolute atomic E-state index is 0.194. The fraction of sp³-hybridized carbons (Fsp3) is 0.364. The topological polar surface area (TPSA) is 26.0 Å². The van der Waals surface area contributed by atoms with Crippen LogP contribution in [0.1, 0.15) is 13.8 Å². The van der Waals surface area contributed by atoms with Crippen molar-refractivity contribution < 1.29 is 16.0 Å². The SMILES string of the molecule is C[CH2][Zn]([CH2]C)[c]1ccccc1.NC(=S)S. The van der Waals surface area contributed by atoms with Crippen LogP contribution in [0.15, 0.2) is 30.3 Å². The van der Waals surface area contributed by atoms with Crippen molar-refractivity contribution in [1.82, 2.24) is 0 Å². The maximum absolute atomic E-state index is 4.71.